The van der Waals surface area contributed by atoms with E-state index in [1.807, 2.05) is 18.5 Å². The highest BCUT2D eigenvalue weighted by Gasteiger charge is 2.10. The van der Waals surface area contributed by atoms with Gasteiger partial charge in [-0.2, -0.15) is 5.10 Å². The van der Waals surface area contributed by atoms with Gasteiger partial charge in [0, 0.05) is 25.3 Å². The van der Waals surface area contributed by atoms with Gasteiger partial charge in [0.2, 0.25) is 0 Å². The van der Waals surface area contributed by atoms with E-state index in [1.165, 1.54) is 0 Å². The number of aryl methyl sites for hydroxylation is 3. The summed E-state index contributed by atoms with van der Waals surface area (Å²) < 4.78 is 7.55. The number of nitrogens with zero attached hydrogens (tertiary/aromatic N) is 3. The summed E-state index contributed by atoms with van der Waals surface area (Å²) in [5.74, 6) is 1.09. The minimum absolute atomic E-state index is 0. The molecular weight excluding hydrogens is 540 g/mol. The first-order chi connectivity index (χ1) is 13.9. The van der Waals surface area contributed by atoms with Crippen LogP contribution in [-0.2, 0) is 6.54 Å². The van der Waals surface area contributed by atoms with E-state index in [2.05, 4.69) is 33.7 Å². The van der Waals surface area contributed by atoms with E-state index in [0.29, 0.717) is 21.8 Å². The number of aliphatic imine (C=N–C) groups is 1. The number of halogens is 3. The van der Waals surface area contributed by atoms with Crippen LogP contribution < -0.4 is 15.4 Å². The van der Waals surface area contributed by atoms with Crippen LogP contribution in [0.3, 0.4) is 0 Å². The molecule has 0 aliphatic carbocycles. The number of hydrogen-bond acceptors (Lipinski definition) is 4. The van der Waals surface area contributed by atoms with Crippen molar-refractivity contribution in [3.8, 4) is 5.75 Å². The fraction of sp³-hybridized carbons (Fsp3) is 0.500. The SMILES string of the molecule is CCNC(=NCC(O)COc1cccc(Cl)c1Cl)NCCCn1nc(C)cc1C.I. The first kappa shape index (κ1) is 26.8. The van der Waals surface area contributed by atoms with Gasteiger partial charge in [-0.3, -0.25) is 9.67 Å². The third kappa shape index (κ3) is 8.87. The standard InChI is InChI=1S/C20H29Cl2N5O2.HI/c1-4-23-20(24-9-6-10-27-15(3)11-14(2)26-27)25-12-16(28)13-29-18-8-5-7-17(21)19(18)22;/h5,7-8,11,16,28H,4,6,9-10,12-13H2,1-3H3,(H2,23,24,25);1H. The van der Waals surface area contributed by atoms with Crippen LogP contribution in [0.1, 0.15) is 24.7 Å². The van der Waals surface area contributed by atoms with Crippen LogP contribution in [0.15, 0.2) is 29.3 Å². The molecule has 10 heteroatoms. The molecule has 0 radical (unpaired) electrons. The van der Waals surface area contributed by atoms with Gasteiger partial charge in [0.25, 0.3) is 0 Å². The van der Waals surface area contributed by atoms with Crippen molar-refractivity contribution in [2.45, 2.75) is 39.8 Å². The van der Waals surface area contributed by atoms with E-state index in [0.717, 1.165) is 37.4 Å². The van der Waals surface area contributed by atoms with E-state index in [9.17, 15) is 5.11 Å². The Balaban J connectivity index is 0.00000450. The average molecular weight is 570 g/mol. The van der Waals surface area contributed by atoms with Crippen molar-refractivity contribution >= 4 is 53.1 Å². The number of rotatable bonds is 10. The monoisotopic (exact) mass is 569 g/mol. The number of nitrogens with one attached hydrogen (secondary N) is 2. The third-order valence-electron chi connectivity index (χ3n) is 4.09. The Labute approximate surface area is 205 Å². The second-order valence-electron chi connectivity index (χ2n) is 6.67. The molecule has 0 amide bonds. The molecule has 2 aromatic rings. The van der Waals surface area contributed by atoms with E-state index >= 15 is 0 Å². The molecule has 0 fully saturated rings. The molecule has 0 saturated carbocycles. The van der Waals surface area contributed by atoms with Gasteiger partial charge in [-0.25, -0.2) is 0 Å². The van der Waals surface area contributed by atoms with Crippen LogP contribution >= 0.6 is 47.2 Å². The zero-order valence-corrected chi connectivity index (χ0v) is 21.3. The summed E-state index contributed by atoms with van der Waals surface area (Å²) >= 11 is 12.0. The van der Waals surface area contributed by atoms with Gasteiger partial charge in [0.05, 0.1) is 17.3 Å². The lowest BCUT2D eigenvalue weighted by Crippen LogP contribution is -2.39. The Kier molecular flexibility index (Phi) is 12.5. The van der Waals surface area contributed by atoms with Crippen molar-refractivity contribution in [1.82, 2.24) is 20.4 Å². The van der Waals surface area contributed by atoms with Crippen LogP contribution in [0.2, 0.25) is 10.0 Å². The summed E-state index contributed by atoms with van der Waals surface area (Å²) in [5.41, 5.74) is 2.19. The smallest absolute Gasteiger partial charge is 0.191 e. The number of benzene rings is 1. The van der Waals surface area contributed by atoms with Gasteiger partial charge in [-0.1, -0.05) is 29.3 Å². The maximum atomic E-state index is 10.2. The first-order valence-corrected chi connectivity index (χ1v) is 10.4. The van der Waals surface area contributed by atoms with Crippen molar-refractivity contribution in [3.63, 3.8) is 0 Å². The predicted octanol–water partition coefficient (Wildman–Crippen LogP) is 3.81. The molecule has 1 atom stereocenters. The van der Waals surface area contributed by atoms with E-state index in [4.69, 9.17) is 27.9 Å². The van der Waals surface area contributed by atoms with E-state index in [-0.39, 0.29) is 37.1 Å². The number of ether oxygens (including phenoxy) is 1. The molecule has 1 heterocycles. The average Bonchev–Trinajstić information content (AvgIpc) is 3.01. The maximum absolute atomic E-state index is 10.2. The Morgan fingerprint density at radius 2 is 2.07 bits per heavy atom. The van der Waals surface area contributed by atoms with Crippen molar-refractivity contribution < 1.29 is 9.84 Å². The molecule has 0 aliphatic rings. The molecule has 0 aliphatic heterocycles. The molecule has 1 aromatic carbocycles. The normalized spacial score (nSPS) is 12.3. The second-order valence-corrected chi connectivity index (χ2v) is 7.45. The number of aliphatic hydroxyl groups excluding tert-OH is 1. The van der Waals surface area contributed by atoms with Gasteiger partial charge in [-0.05, 0) is 45.4 Å². The van der Waals surface area contributed by atoms with Crippen LogP contribution in [0.5, 0.6) is 5.75 Å². The molecule has 2 rings (SSSR count). The molecular formula is C20H30Cl2IN5O2. The maximum Gasteiger partial charge on any atom is 0.191 e. The van der Waals surface area contributed by atoms with E-state index in [1.54, 1.807) is 18.2 Å². The Bertz CT molecular complexity index is 816. The van der Waals surface area contributed by atoms with Gasteiger partial charge >= 0.3 is 0 Å². The predicted molar refractivity (Wildman–Crippen MR) is 134 cm³/mol. The Morgan fingerprint density at radius 1 is 1.30 bits per heavy atom. The zero-order valence-electron chi connectivity index (χ0n) is 17.5. The summed E-state index contributed by atoms with van der Waals surface area (Å²) in [6, 6.07) is 7.20. The number of aromatic nitrogens is 2. The summed E-state index contributed by atoms with van der Waals surface area (Å²) in [7, 11) is 0. The van der Waals surface area contributed by atoms with Crippen LogP contribution in [0.25, 0.3) is 0 Å². The highest BCUT2D eigenvalue weighted by atomic mass is 127. The molecule has 168 valence electrons. The summed E-state index contributed by atoms with van der Waals surface area (Å²) in [6.07, 6.45) is 0.140. The molecule has 3 N–H and O–H groups in total. The first-order valence-electron chi connectivity index (χ1n) is 9.68. The molecule has 1 aromatic heterocycles. The largest absolute Gasteiger partial charge is 0.489 e. The summed E-state index contributed by atoms with van der Waals surface area (Å²) in [4.78, 5) is 4.41. The lowest BCUT2D eigenvalue weighted by atomic mass is 10.3. The fourth-order valence-electron chi connectivity index (χ4n) is 2.71. The topological polar surface area (TPSA) is 83.7 Å². The third-order valence-corrected chi connectivity index (χ3v) is 4.90. The lowest BCUT2D eigenvalue weighted by Gasteiger charge is -2.14. The number of aliphatic hydroxyl groups is 1. The minimum atomic E-state index is -0.768. The fourth-order valence-corrected chi connectivity index (χ4v) is 3.06. The van der Waals surface area contributed by atoms with Gasteiger partial charge in [0.1, 0.15) is 23.5 Å². The number of hydrogen-bond donors (Lipinski definition) is 3. The number of guanidine groups is 1. The second kappa shape index (κ2) is 14.0. The molecule has 30 heavy (non-hydrogen) atoms. The van der Waals surface area contributed by atoms with Gasteiger partial charge in [0.15, 0.2) is 5.96 Å². The van der Waals surface area contributed by atoms with Crippen LogP contribution in [0.4, 0.5) is 0 Å². The summed E-state index contributed by atoms with van der Waals surface area (Å²) in [5, 5.41) is 21.8. The van der Waals surface area contributed by atoms with Crippen LogP contribution in [0, 0.1) is 13.8 Å². The lowest BCUT2D eigenvalue weighted by molar-refractivity contribution is 0.114. The highest BCUT2D eigenvalue weighted by Crippen LogP contribution is 2.31. The Morgan fingerprint density at radius 3 is 2.73 bits per heavy atom. The van der Waals surface area contributed by atoms with Gasteiger partial charge < -0.3 is 20.5 Å². The van der Waals surface area contributed by atoms with Crippen molar-refractivity contribution in [2.24, 2.45) is 4.99 Å². The van der Waals surface area contributed by atoms with Crippen molar-refractivity contribution in [1.29, 1.82) is 0 Å². The molecule has 0 bridgehead atoms. The zero-order chi connectivity index (χ0) is 21.2. The Hall–Kier alpha value is -1.23. The van der Waals surface area contributed by atoms with E-state index < -0.39 is 6.10 Å². The molecule has 1 unspecified atom stereocenters. The summed E-state index contributed by atoms with van der Waals surface area (Å²) in [6.45, 7) is 8.62. The van der Waals surface area contributed by atoms with Gasteiger partial charge in [-0.15, -0.1) is 24.0 Å². The molecule has 7 nitrogen and oxygen atoms in total. The van der Waals surface area contributed by atoms with Crippen molar-refractivity contribution in [3.05, 3.63) is 45.7 Å². The molecule has 0 saturated heterocycles. The minimum Gasteiger partial charge on any atom is -0.489 e. The van der Waals surface area contributed by atoms with Crippen LogP contribution in [-0.4, -0.2) is 53.2 Å². The quantitative estimate of drug-likeness (QED) is 0.175. The highest BCUT2D eigenvalue weighted by molar-refractivity contribution is 14.0. The molecule has 0 spiro atoms. The van der Waals surface area contributed by atoms with Crippen molar-refractivity contribution in [2.75, 3.05) is 26.2 Å².